The van der Waals surface area contributed by atoms with Crippen LogP contribution in [0.25, 0.3) is 0 Å². The number of morpholine rings is 1. The third-order valence-electron chi connectivity index (χ3n) is 4.36. The van der Waals surface area contributed by atoms with Crippen LogP contribution in [0.15, 0.2) is 48.5 Å². The third kappa shape index (κ3) is 4.53. The molecule has 5 heteroatoms. The number of hydrogen-bond acceptors (Lipinski definition) is 4. The fourth-order valence-electron chi connectivity index (χ4n) is 2.97. The molecule has 1 aliphatic heterocycles. The topological polar surface area (TPSA) is 66.8 Å². The molecule has 3 rings (SSSR count). The van der Waals surface area contributed by atoms with Gasteiger partial charge in [-0.1, -0.05) is 42.5 Å². The van der Waals surface area contributed by atoms with Gasteiger partial charge < -0.3 is 9.84 Å². The Labute approximate surface area is 146 Å². The van der Waals surface area contributed by atoms with E-state index in [1.54, 1.807) is 18.2 Å². The number of carbonyl (C=O) groups is 2. The molecule has 1 saturated heterocycles. The Morgan fingerprint density at radius 2 is 1.52 bits per heavy atom. The van der Waals surface area contributed by atoms with Crippen molar-refractivity contribution < 1.29 is 19.4 Å². The molecule has 0 bridgehead atoms. The maximum atomic E-state index is 12.5. The fraction of sp³-hybridized carbons (Fsp3) is 0.300. The molecule has 2 aromatic carbocycles. The van der Waals surface area contributed by atoms with E-state index >= 15 is 0 Å². The van der Waals surface area contributed by atoms with Gasteiger partial charge in [0.05, 0.1) is 18.8 Å². The molecule has 1 N–H and O–H groups in total. The first-order valence-electron chi connectivity index (χ1n) is 8.37. The SMILES string of the molecule is O=C(O)c1ccccc1C(=O)Cc1ccc(CN2CCOCC2)cc1. The Kier molecular flexibility index (Phi) is 5.58. The quantitative estimate of drug-likeness (QED) is 0.820. The molecule has 0 aliphatic carbocycles. The molecule has 1 heterocycles. The largest absolute Gasteiger partial charge is 0.478 e. The molecule has 25 heavy (non-hydrogen) atoms. The summed E-state index contributed by atoms with van der Waals surface area (Å²) in [6.45, 7) is 4.29. The van der Waals surface area contributed by atoms with Crippen LogP contribution < -0.4 is 0 Å². The molecule has 0 aromatic heterocycles. The zero-order valence-electron chi connectivity index (χ0n) is 14.0. The molecule has 0 radical (unpaired) electrons. The Bertz CT molecular complexity index is 749. The van der Waals surface area contributed by atoms with E-state index in [1.165, 1.54) is 11.6 Å². The maximum Gasteiger partial charge on any atom is 0.336 e. The van der Waals surface area contributed by atoms with Crippen LogP contribution in [0, 0.1) is 0 Å². The van der Waals surface area contributed by atoms with Gasteiger partial charge in [-0.25, -0.2) is 4.79 Å². The second kappa shape index (κ2) is 8.05. The van der Waals surface area contributed by atoms with E-state index in [4.69, 9.17) is 4.74 Å². The third-order valence-corrected chi connectivity index (χ3v) is 4.36. The van der Waals surface area contributed by atoms with Gasteiger partial charge >= 0.3 is 5.97 Å². The lowest BCUT2D eigenvalue weighted by atomic mass is 9.98. The van der Waals surface area contributed by atoms with E-state index in [0.29, 0.717) is 0 Å². The summed E-state index contributed by atoms with van der Waals surface area (Å²) >= 11 is 0. The van der Waals surface area contributed by atoms with Crippen molar-refractivity contribution in [1.29, 1.82) is 0 Å². The van der Waals surface area contributed by atoms with E-state index in [9.17, 15) is 14.7 Å². The van der Waals surface area contributed by atoms with Gasteiger partial charge in [-0.3, -0.25) is 9.69 Å². The predicted octanol–water partition coefficient (Wildman–Crippen LogP) is 2.64. The fourth-order valence-corrected chi connectivity index (χ4v) is 2.97. The number of nitrogens with zero attached hydrogens (tertiary/aromatic N) is 1. The predicted molar refractivity (Wildman–Crippen MR) is 94.0 cm³/mol. The van der Waals surface area contributed by atoms with Gasteiger partial charge in [0.25, 0.3) is 0 Å². The average molecular weight is 339 g/mol. The highest BCUT2D eigenvalue weighted by Crippen LogP contribution is 2.15. The second-order valence-electron chi connectivity index (χ2n) is 6.16. The van der Waals surface area contributed by atoms with Crippen molar-refractivity contribution in [1.82, 2.24) is 4.90 Å². The van der Waals surface area contributed by atoms with Gasteiger partial charge in [-0.15, -0.1) is 0 Å². The Hall–Kier alpha value is -2.50. The van der Waals surface area contributed by atoms with Crippen LogP contribution in [-0.4, -0.2) is 48.1 Å². The first-order chi connectivity index (χ1) is 12.1. The highest BCUT2D eigenvalue weighted by molar-refractivity contribution is 6.06. The number of hydrogen-bond donors (Lipinski definition) is 1. The molecule has 1 fully saturated rings. The molecular weight excluding hydrogens is 318 g/mol. The summed E-state index contributed by atoms with van der Waals surface area (Å²) in [5.74, 6) is -1.26. The summed E-state index contributed by atoms with van der Waals surface area (Å²) in [7, 11) is 0. The van der Waals surface area contributed by atoms with Crippen LogP contribution >= 0.6 is 0 Å². The number of aromatic carboxylic acids is 1. The van der Waals surface area contributed by atoms with Gasteiger partial charge in [-0.05, 0) is 17.2 Å². The highest BCUT2D eigenvalue weighted by Gasteiger charge is 2.16. The van der Waals surface area contributed by atoms with Crippen LogP contribution in [-0.2, 0) is 17.7 Å². The summed E-state index contributed by atoms with van der Waals surface area (Å²) in [4.78, 5) is 26.0. The van der Waals surface area contributed by atoms with Crippen molar-refractivity contribution in [3.8, 4) is 0 Å². The Morgan fingerprint density at radius 1 is 0.920 bits per heavy atom. The van der Waals surface area contributed by atoms with Crippen molar-refractivity contribution >= 4 is 11.8 Å². The lowest BCUT2D eigenvalue weighted by molar-refractivity contribution is 0.0342. The van der Waals surface area contributed by atoms with Gasteiger partial charge in [0.1, 0.15) is 0 Å². The number of Topliss-reactive ketones (excluding diaryl/α,β-unsaturated/α-hetero) is 1. The molecule has 0 unspecified atom stereocenters. The number of benzene rings is 2. The minimum absolute atomic E-state index is 0.0523. The standard InChI is InChI=1S/C20H21NO4/c22-19(17-3-1-2-4-18(17)20(23)24)13-15-5-7-16(8-6-15)14-21-9-11-25-12-10-21/h1-8H,9-14H2,(H,23,24). The van der Waals surface area contributed by atoms with Gasteiger partial charge in [-0.2, -0.15) is 0 Å². The highest BCUT2D eigenvalue weighted by atomic mass is 16.5. The maximum absolute atomic E-state index is 12.5. The molecule has 0 saturated carbocycles. The van der Waals surface area contributed by atoms with Gasteiger partial charge in [0.2, 0.25) is 0 Å². The van der Waals surface area contributed by atoms with Crippen molar-refractivity contribution in [3.63, 3.8) is 0 Å². The summed E-state index contributed by atoms with van der Waals surface area (Å²) < 4.78 is 5.35. The molecule has 0 spiro atoms. The number of carboxylic acids is 1. The molecule has 5 nitrogen and oxygen atoms in total. The molecule has 130 valence electrons. The molecule has 1 aliphatic rings. The normalized spacial score (nSPS) is 15.0. The van der Waals surface area contributed by atoms with Gasteiger partial charge in [0.15, 0.2) is 5.78 Å². The van der Waals surface area contributed by atoms with E-state index in [-0.39, 0.29) is 23.3 Å². The summed E-state index contributed by atoms with van der Waals surface area (Å²) in [5, 5.41) is 9.21. The zero-order valence-corrected chi connectivity index (χ0v) is 14.0. The number of carboxylic acid groups (broad SMARTS) is 1. The molecular formula is C20H21NO4. The van der Waals surface area contributed by atoms with Crippen molar-refractivity contribution in [3.05, 3.63) is 70.8 Å². The number of carbonyl (C=O) groups excluding carboxylic acids is 1. The summed E-state index contributed by atoms with van der Waals surface area (Å²) in [5.41, 5.74) is 2.39. The minimum Gasteiger partial charge on any atom is -0.478 e. The monoisotopic (exact) mass is 339 g/mol. The second-order valence-corrected chi connectivity index (χ2v) is 6.16. The number of ketones is 1. The lowest BCUT2D eigenvalue weighted by Gasteiger charge is -2.26. The number of rotatable bonds is 6. The van der Waals surface area contributed by atoms with E-state index in [2.05, 4.69) is 4.90 Å². The zero-order chi connectivity index (χ0) is 17.6. The Morgan fingerprint density at radius 3 is 2.16 bits per heavy atom. The van der Waals surface area contributed by atoms with Crippen LogP contribution in [0.5, 0.6) is 0 Å². The van der Waals surface area contributed by atoms with Crippen molar-refractivity contribution in [2.45, 2.75) is 13.0 Å². The van der Waals surface area contributed by atoms with Crippen molar-refractivity contribution in [2.75, 3.05) is 26.3 Å². The van der Waals surface area contributed by atoms with Crippen LogP contribution in [0.3, 0.4) is 0 Å². The van der Waals surface area contributed by atoms with Crippen molar-refractivity contribution in [2.24, 2.45) is 0 Å². The lowest BCUT2D eigenvalue weighted by Crippen LogP contribution is -2.35. The van der Waals surface area contributed by atoms with E-state index < -0.39 is 5.97 Å². The van der Waals surface area contributed by atoms with E-state index in [1.807, 2.05) is 24.3 Å². The smallest absolute Gasteiger partial charge is 0.336 e. The van der Waals surface area contributed by atoms with Crippen LogP contribution in [0.2, 0.25) is 0 Å². The Balaban J connectivity index is 1.65. The summed E-state index contributed by atoms with van der Waals surface area (Å²) in [6.07, 6.45) is 0.197. The minimum atomic E-state index is -1.08. The molecule has 2 aromatic rings. The first-order valence-corrected chi connectivity index (χ1v) is 8.37. The van der Waals surface area contributed by atoms with Gasteiger partial charge in [0, 0.05) is 31.6 Å². The number of ether oxygens (including phenoxy) is 1. The molecule has 0 atom stereocenters. The summed E-state index contributed by atoms with van der Waals surface area (Å²) in [6, 6.07) is 14.3. The average Bonchev–Trinajstić information content (AvgIpc) is 2.64. The molecule has 0 amide bonds. The first kappa shape index (κ1) is 17.3. The van der Waals surface area contributed by atoms with Crippen LogP contribution in [0.1, 0.15) is 31.8 Å². The van der Waals surface area contributed by atoms with Crippen LogP contribution in [0.4, 0.5) is 0 Å². The van der Waals surface area contributed by atoms with E-state index in [0.717, 1.165) is 38.4 Å².